The quantitative estimate of drug-likeness (QED) is 0.881. The van der Waals surface area contributed by atoms with Gasteiger partial charge >= 0.3 is 0 Å². The van der Waals surface area contributed by atoms with E-state index in [0.29, 0.717) is 19.4 Å². The number of amides is 1. The summed E-state index contributed by atoms with van der Waals surface area (Å²) in [5.41, 5.74) is 5.60. The van der Waals surface area contributed by atoms with E-state index in [-0.39, 0.29) is 24.4 Å². The Balaban J connectivity index is 0.000000444. The van der Waals surface area contributed by atoms with Crippen molar-refractivity contribution < 1.29 is 19.4 Å². The molecule has 3 N–H and O–H groups in total. The molecule has 0 bridgehead atoms. The van der Waals surface area contributed by atoms with Gasteiger partial charge in [0.1, 0.15) is 0 Å². The van der Waals surface area contributed by atoms with E-state index in [1.54, 1.807) is 0 Å². The number of aliphatic hydroxyl groups excluding tert-OH is 1. The summed E-state index contributed by atoms with van der Waals surface area (Å²) in [6.45, 7) is 3.80. The molecule has 5 nitrogen and oxygen atoms in total. The molecule has 3 unspecified atom stereocenters. The summed E-state index contributed by atoms with van der Waals surface area (Å²) in [7, 11) is 0. The normalized spacial score (nSPS) is 25.4. The number of nitrogens with two attached hydrogens (primary N) is 1. The van der Waals surface area contributed by atoms with Crippen LogP contribution in [0.1, 0.15) is 32.3 Å². The van der Waals surface area contributed by atoms with E-state index in [1.165, 1.54) is 6.92 Å². The summed E-state index contributed by atoms with van der Waals surface area (Å²) in [4.78, 5) is 9.22. The van der Waals surface area contributed by atoms with Gasteiger partial charge in [-0.2, -0.15) is 0 Å². The Bertz CT molecular complexity index is 382. The fourth-order valence-electron chi connectivity index (χ4n) is 1.94. The predicted molar refractivity (Wildman–Crippen MR) is 75.7 cm³/mol. The second-order valence-corrected chi connectivity index (χ2v) is 4.91. The van der Waals surface area contributed by atoms with Crippen LogP contribution in [0.2, 0.25) is 0 Å². The van der Waals surface area contributed by atoms with Crippen molar-refractivity contribution in [1.29, 1.82) is 0 Å². The average molecular weight is 281 g/mol. The van der Waals surface area contributed by atoms with E-state index in [4.69, 9.17) is 9.47 Å². The molecule has 1 aliphatic heterocycles. The molecule has 0 radical (unpaired) electrons. The summed E-state index contributed by atoms with van der Waals surface area (Å²) in [5, 5.41) is 9.59. The van der Waals surface area contributed by atoms with Crippen LogP contribution >= 0.6 is 0 Å². The van der Waals surface area contributed by atoms with Gasteiger partial charge in [0.2, 0.25) is 5.91 Å². The van der Waals surface area contributed by atoms with E-state index in [2.05, 4.69) is 5.73 Å². The van der Waals surface area contributed by atoms with Crippen molar-refractivity contribution in [3.63, 3.8) is 0 Å². The lowest BCUT2D eigenvalue weighted by Gasteiger charge is -2.31. The molecule has 0 saturated carbocycles. The van der Waals surface area contributed by atoms with Gasteiger partial charge in [-0.25, -0.2) is 0 Å². The molecule has 112 valence electrons. The number of hydrogen-bond donors (Lipinski definition) is 2. The number of aliphatic hydroxyl groups is 1. The molecule has 0 spiro atoms. The number of carbonyl (C=O) groups is 1. The lowest BCUT2D eigenvalue weighted by atomic mass is 10.1. The molecule has 1 aromatic rings. The number of carbonyl (C=O) groups excluding carboxylic acids is 1. The molecule has 0 aromatic heterocycles. The number of benzene rings is 1. The van der Waals surface area contributed by atoms with Crippen molar-refractivity contribution >= 4 is 5.91 Å². The van der Waals surface area contributed by atoms with Gasteiger partial charge in [0.15, 0.2) is 6.29 Å². The van der Waals surface area contributed by atoms with E-state index in [9.17, 15) is 9.90 Å². The first kappa shape index (κ1) is 16.6. The topological polar surface area (TPSA) is 81.8 Å². The Hall–Kier alpha value is -1.43. The number of ether oxygens (including phenoxy) is 2. The Morgan fingerprint density at radius 1 is 1.40 bits per heavy atom. The van der Waals surface area contributed by atoms with Gasteiger partial charge in [0.25, 0.3) is 0 Å². The lowest BCUT2D eigenvalue weighted by molar-refractivity contribution is -0.215. The van der Waals surface area contributed by atoms with Gasteiger partial charge in [-0.05, 0) is 18.9 Å². The molecular weight excluding hydrogens is 258 g/mol. The predicted octanol–water partition coefficient (Wildman–Crippen LogP) is 1.58. The van der Waals surface area contributed by atoms with Crippen molar-refractivity contribution in [2.45, 2.75) is 51.8 Å². The molecular formula is C15H23NO4. The van der Waals surface area contributed by atoms with Crippen LogP contribution in [-0.2, 0) is 20.9 Å². The van der Waals surface area contributed by atoms with Crippen molar-refractivity contribution in [3.8, 4) is 0 Å². The molecule has 1 aliphatic rings. The van der Waals surface area contributed by atoms with E-state index >= 15 is 0 Å². The minimum Gasteiger partial charge on any atom is -0.393 e. The highest BCUT2D eigenvalue weighted by molar-refractivity contribution is 5.70. The van der Waals surface area contributed by atoms with Crippen LogP contribution in [0.25, 0.3) is 0 Å². The first-order chi connectivity index (χ1) is 9.47. The van der Waals surface area contributed by atoms with Gasteiger partial charge in [0.05, 0.1) is 18.8 Å². The van der Waals surface area contributed by atoms with Crippen LogP contribution in [-0.4, -0.2) is 29.5 Å². The van der Waals surface area contributed by atoms with Crippen LogP contribution in [0.5, 0.6) is 0 Å². The molecule has 3 atom stereocenters. The third-order valence-electron chi connectivity index (χ3n) is 2.73. The smallest absolute Gasteiger partial charge is 0.214 e. The van der Waals surface area contributed by atoms with Crippen LogP contribution in [0.3, 0.4) is 0 Å². The maximum atomic E-state index is 9.59. The molecule has 1 saturated heterocycles. The second-order valence-electron chi connectivity index (χ2n) is 4.91. The van der Waals surface area contributed by atoms with E-state index in [1.807, 2.05) is 37.3 Å². The summed E-state index contributed by atoms with van der Waals surface area (Å²) in [5.74, 6) is -0.333. The van der Waals surface area contributed by atoms with Gasteiger partial charge in [-0.1, -0.05) is 30.3 Å². The fraction of sp³-hybridized carbons (Fsp3) is 0.533. The summed E-state index contributed by atoms with van der Waals surface area (Å²) in [6, 6.07) is 9.98. The molecule has 1 fully saturated rings. The number of rotatable bonds is 3. The number of primary amides is 1. The van der Waals surface area contributed by atoms with Gasteiger partial charge < -0.3 is 20.3 Å². The Morgan fingerprint density at radius 2 is 2.00 bits per heavy atom. The van der Waals surface area contributed by atoms with Crippen molar-refractivity contribution in [3.05, 3.63) is 35.9 Å². The average Bonchev–Trinajstić information content (AvgIpc) is 2.36. The monoisotopic (exact) mass is 281 g/mol. The Morgan fingerprint density at radius 3 is 2.55 bits per heavy atom. The zero-order valence-corrected chi connectivity index (χ0v) is 12.0. The maximum Gasteiger partial charge on any atom is 0.214 e. The summed E-state index contributed by atoms with van der Waals surface area (Å²) in [6.07, 6.45) is 0.760. The van der Waals surface area contributed by atoms with Gasteiger partial charge in [-0.15, -0.1) is 0 Å². The van der Waals surface area contributed by atoms with Crippen LogP contribution in [0.15, 0.2) is 30.3 Å². The van der Waals surface area contributed by atoms with E-state index in [0.717, 1.165) is 5.56 Å². The molecule has 0 aliphatic carbocycles. The van der Waals surface area contributed by atoms with Gasteiger partial charge in [-0.3, -0.25) is 4.79 Å². The number of hydrogen-bond acceptors (Lipinski definition) is 4. The Kier molecular flexibility index (Phi) is 7.22. The zero-order chi connectivity index (χ0) is 15.0. The standard InChI is InChI=1S/C13H18O3.C2H5NO/c1-10-7-12(14)8-13(16-10)15-9-11-5-3-2-4-6-11;1-2(3)4/h2-6,10,12-14H,7-9H2,1H3;1H3,(H2,3,4). The second kappa shape index (κ2) is 8.68. The molecule has 5 heteroatoms. The highest BCUT2D eigenvalue weighted by Crippen LogP contribution is 2.21. The fourth-order valence-corrected chi connectivity index (χ4v) is 1.94. The summed E-state index contributed by atoms with van der Waals surface area (Å²) >= 11 is 0. The van der Waals surface area contributed by atoms with Crippen LogP contribution in [0.4, 0.5) is 0 Å². The molecule has 1 heterocycles. The first-order valence-electron chi connectivity index (χ1n) is 6.72. The van der Waals surface area contributed by atoms with Gasteiger partial charge in [0, 0.05) is 13.3 Å². The van der Waals surface area contributed by atoms with Crippen LogP contribution < -0.4 is 5.73 Å². The van der Waals surface area contributed by atoms with Crippen molar-refractivity contribution in [2.24, 2.45) is 5.73 Å². The Labute approximate surface area is 119 Å². The molecule has 1 aromatic carbocycles. The largest absolute Gasteiger partial charge is 0.393 e. The third kappa shape index (κ3) is 7.23. The zero-order valence-electron chi connectivity index (χ0n) is 12.0. The molecule has 20 heavy (non-hydrogen) atoms. The SMILES string of the molecule is CC(N)=O.CC1CC(O)CC(OCc2ccccc2)O1. The minimum atomic E-state index is -0.333. The lowest BCUT2D eigenvalue weighted by Crippen LogP contribution is -2.35. The van der Waals surface area contributed by atoms with Crippen molar-refractivity contribution in [2.75, 3.05) is 0 Å². The van der Waals surface area contributed by atoms with Crippen LogP contribution in [0, 0.1) is 0 Å². The third-order valence-corrected chi connectivity index (χ3v) is 2.73. The first-order valence-corrected chi connectivity index (χ1v) is 6.72. The summed E-state index contributed by atoms with van der Waals surface area (Å²) < 4.78 is 11.2. The minimum absolute atomic E-state index is 0.0736. The molecule has 2 rings (SSSR count). The maximum absolute atomic E-state index is 9.59. The van der Waals surface area contributed by atoms with E-state index < -0.39 is 0 Å². The highest BCUT2D eigenvalue weighted by Gasteiger charge is 2.26. The highest BCUT2D eigenvalue weighted by atomic mass is 16.7. The molecule has 1 amide bonds. The van der Waals surface area contributed by atoms with Crippen molar-refractivity contribution in [1.82, 2.24) is 0 Å².